The van der Waals surface area contributed by atoms with Crippen LogP contribution in [0.4, 0.5) is 0 Å². The smallest absolute Gasteiger partial charge is 0.194 e. The summed E-state index contributed by atoms with van der Waals surface area (Å²) in [5, 5.41) is 3.57. The summed E-state index contributed by atoms with van der Waals surface area (Å²) in [6, 6.07) is 0. The Balaban J connectivity index is 1.60. The molecule has 1 N–H and O–H groups in total. The Morgan fingerprint density at radius 3 is 3.00 bits per heavy atom. The molecule has 0 saturated heterocycles. The molecule has 0 aromatic carbocycles. The molecule has 98 valence electrons. The molecule has 0 aliphatic heterocycles. The topological polar surface area (TPSA) is 29.3 Å². The van der Waals surface area contributed by atoms with Crippen LogP contribution in [-0.2, 0) is 6.54 Å². The summed E-state index contributed by atoms with van der Waals surface area (Å²) in [6.07, 6.45) is 7.87. The minimum absolute atomic E-state index is 0.940. The molecule has 0 amide bonds. The van der Waals surface area contributed by atoms with E-state index >= 15 is 0 Å². The van der Waals surface area contributed by atoms with Gasteiger partial charge in [0.2, 0.25) is 0 Å². The van der Waals surface area contributed by atoms with E-state index in [1.807, 2.05) is 0 Å². The van der Waals surface area contributed by atoms with Gasteiger partial charge in [0.1, 0.15) is 0 Å². The number of hydrogen-bond donors (Lipinski definition) is 1. The van der Waals surface area contributed by atoms with Crippen molar-refractivity contribution in [1.82, 2.24) is 14.7 Å². The van der Waals surface area contributed by atoms with E-state index < -0.39 is 0 Å². The molecule has 1 saturated carbocycles. The molecule has 0 atom stereocenters. The standard InChI is InChI=1S/C14H21N3S/c1-10-9-17-13(11(2)16-14(17)18-10)8-15-7-6-12-4-3-5-12/h9,12,15H,3-8H2,1-2H3. The summed E-state index contributed by atoms with van der Waals surface area (Å²) in [5.74, 6) is 0.993. The number of aryl methyl sites for hydroxylation is 2. The molecule has 0 unspecified atom stereocenters. The van der Waals surface area contributed by atoms with Crippen LogP contribution in [0.3, 0.4) is 0 Å². The number of fused-ring (bicyclic) bond motifs is 1. The van der Waals surface area contributed by atoms with Crippen LogP contribution in [-0.4, -0.2) is 15.9 Å². The van der Waals surface area contributed by atoms with Gasteiger partial charge in [0.15, 0.2) is 4.96 Å². The highest BCUT2D eigenvalue weighted by Crippen LogP contribution is 2.28. The summed E-state index contributed by atoms with van der Waals surface area (Å²) in [6.45, 7) is 6.33. The van der Waals surface area contributed by atoms with Crippen molar-refractivity contribution in [3.05, 3.63) is 22.5 Å². The molecule has 0 bridgehead atoms. The summed E-state index contributed by atoms with van der Waals surface area (Å²) >= 11 is 1.77. The first-order valence-corrected chi connectivity index (χ1v) is 7.70. The van der Waals surface area contributed by atoms with Gasteiger partial charge in [0, 0.05) is 17.6 Å². The molecule has 18 heavy (non-hydrogen) atoms. The predicted octanol–water partition coefficient (Wildman–Crippen LogP) is 3.29. The summed E-state index contributed by atoms with van der Waals surface area (Å²) in [5.41, 5.74) is 2.49. The van der Waals surface area contributed by atoms with Gasteiger partial charge in [0.05, 0.1) is 11.4 Å². The van der Waals surface area contributed by atoms with Crippen molar-refractivity contribution < 1.29 is 0 Å². The van der Waals surface area contributed by atoms with E-state index in [2.05, 4.69) is 34.7 Å². The molecule has 1 aliphatic carbocycles. The van der Waals surface area contributed by atoms with E-state index in [1.54, 1.807) is 11.3 Å². The van der Waals surface area contributed by atoms with Crippen LogP contribution < -0.4 is 5.32 Å². The Bertz CT molecular complexity index is 536. The molecular formula is C14H21N3S. The van der Waals surface area contributed by atoms with Gasteiger partial charge < -0.3 is 5.32 Å². The van der Waals surface area contributed by atoms with Gasteiger partial charge in [-0.25, -0.2) is 4.98 Å². The van der Waals surface area contributed by atoms with Crippen molar-refractivity contribution in [3.8, 4) is 0 Å². The van der Waals surface area contributed by atoms with Crippen molar-refractivity contribution >= 4 is 16.3 Å². The van der Waals surface area contributed by atoms with Gasteiger partial charge in [-0.3, -0.25) is 4.40 Å². The van der Waals surface area contributed by atoms with Gasteiger partial charge in [0.25, 0.3) is 0 Å². The highest BCUT2D eigenvalue weighted by Gasteiger charge is 2.16. The van der Waals surface area contributed by atoms with E-state index in [9.17, 15) is 0 Å². The second-order valence-corrected chi connectivity index (χ2v) is 6.61. The lowest BCUT2D eigenvalue weighted by atomic mass is 9.83. The van der Waals surface area contributed by atoms with Crippen LogP contribution >= 0.6 is 11.3 Å². The Morgan fingerprint density at radius 1 is 1.44 bits per heavy atom. The Hall–Kier alpha value is -0.870. The van der Waals surface area contributed by atoms with Crippen LogP contribution in [0.15, 0.2) is 6.20 Å². The summed E-state index contributed by atoms with van der Waals surface area (Å²) in [7, 11) is 0. The second-order valence-electron chi connectivity index (χ2n) is 5.40. The normalized spacial score (nSPS) is 16.3. The Labute approximate surface area is 112 Å². The van der Waals surface area contributed by atoms with Gasteiger partial charge in [-0.15, -0.1) is 11.3 Å². The molecule has 2 heterocycles. The Morgan fingerprint density at radius 2 is 2.28 bits per heavy atom. The van der Waals surface area contributed by atoms with Crippen LogP contribution in [0.1, 0.15) is 41.9 Å². The molecule has 3 rings (SSSR count). The number of thiazole rings is 1. The average molecular weight is 263 g/mol. The zero-order chi connectivity index (χ0) is 12.5. The quantitative estimate of drug-likeness (QED) is 0.839. The lowest BCUT2D eigenvalue weighted by Crippen LogP contribution is -2.21. The van der Waals surface area contributed by atoms with Gasteiger partial charge >= 0.3 is 0 Å². The number of hydrogen-bond acceptors (Lipinski definition) is 3. The Kier molecular flexibility index (Phi) is 3.39. The first-order valence-electron chi connectivity index (χ1n) is 6.88. The molecule has 4 heteroatoms. The molecule has 1 aliphatic rings. The molecule has 2 aromatic heterocycles. The van der Waals surface area contributed by atoms with E-state index in [4.69, 9.17) is 0 Å². The SMILES string of the molecule is Cc1cn2c(CNCCC3CCC3)c(C)nc2s1. The third-order valence-corrected chi connectivity index (χ3v) is 4.89. The van der Waals surface area contributed by atoms with Crippen molar-refractivity contribution in [2.75, 3.05) is 6.54 Å². The minimum atomic E-state index is 0.940. The van der Waals surface area contributed by atoms with Crippen molar-refractivity contribution in [3.63, 3.8) is 0 Å². The van der Waals surface area contributed by atoms with Crippen LogP contribution in [0.5, 0.6) is 0 Å². The molecule has 1 fully saturated rings. The highest BCUT2D eigenvalue weighted by molar-refractivity contribution is 7.17. The van der Waals surface area contributed by atoms with Crippen molar-refractivity contribution in [1.29, 1.82) is 0 Å². The maximum atomic E-state index is 4.62. The number of nitrogens with one attached hydrogen (secondary N) is 1. The van der Waals surface area contributed by atoms with Crippen LogP contribution in [0, 0.1) is 19.8 Å². The summed E-state index contributed by atoms with van der Waals surface area (Å²) < 4.78 is 2.24. The number of aromatic nitrogens is 2. The van der Waals surface area contributed by atoms with E-state index in [0.29, 0.717) is 0 Å². The molecule has 0 spiro atoms. The van der Waals surface area contributed by atoms with Gasteiger partial charge in [-0.2, -0.15) is 0 Å². The highest BCUT2D eigenvalue weighted by atomic mass is 32.1. The van der Waals surface area contributed by atoms with Gasteiger partial charge in [-0.1, -0.05) is 19.3 Å². The monoisotopic (exact) mass is 263 g/mol. The maximum absolute atomic E-state index is 4.62. The fourth-order valence-electron chi connectivity index (χ4n) is 2.62. The third kappa shape index (κ3) is 2.31. The minimum Gasteiger partial charge on any atom is -0.311 e. The van der Waals surface area contributed by atoms with Crippen LogP contribution in [0.25, 0.3) is 4.96 Å². The van der Waals surface area contributed by atoms with E-state index in [1.165, 1.54) is 36.3 Å². The van der Waals surface area contributed by atoms with Crippen molar-refractivity contribution in [2.45, 2.75) is 46.1 Å². The van der Waals surface area contributed by atoms with E-state index in [-0.39, 0.29) is 0 Å². The average Bonchev–Trinajstić information content (AvgIpc) is 2.73. The second kappa shape index (κ2) is 5.02. The first-order chi connectivity index (χ1) is 8.74. The third-order valence-electron chi connectivity index (χ3n) is 3.99. The first kappa shape index (κ1) is 12.2. The number of nitrogens with zero attached hydrogens (tertiary/aromatic N) is 2. The summed E-state index contributed by atoms with van der Waals surface area (Å²) in [4.78, 5) is 7.07. The molecule has 3 nitrogen and oxygen atoms in total. The fraction of sp³-hybridized carbons (Fsp3) is 0.643. The number of rotatable bonds is 5. The van der Waals surface area contributed by atoms with Crippen molar-refractivity contribution in [2.24, 2.45) is 5.92 Å². The largest absolute Gasteiger partial charge is 0.311 e. The van der Waals surface area contributed by atoms with E-state index in [0.717, 1.165) is 29.7 Å². The molecule has 0 radical (unpaired) electrons. The van der Waals surface area contributed by atoms with Gasteiger partial charge in [-0.05, 0) is 32.7 Å². The predicted molar refractivity (Wildman–Crippen MR) is 76.2 cm³/mol. The molecular weight excluding hydrogens is 242 g/mol. The zero-order valence-electron chi connectivity index (χ0n) is 11.2. The fourth-order valence-corrected chi connectivity index (χ4v) is 3.51. The lowest BCUT2D eigenvalue weighted by molar-refractivity contribution is 0.292. The molecule has 2 aromatic rings. The maximum Gasteiger partial charge on any atom is 0.194 e. The van der Waals surface area contributed by atoms with Crippen LogP contribution in [0.2, 0.25) is 0 Å². The zero-order valence-corrected chi connectivity index (χ0v) is 12.0. The number of imidazole rings is 1. The lowest BCUT2D eigenvalue weighted by Gasteiger charge is -2.25.